The second kappa shape index (κ2) is 16.3. The Kier molecular flexibility index (Phi) is 13.9. The Morgan fingerprint density at radius 1 is 0.838 bits per heavy atom. The predicted octanol–water partition coefficient (Wildman–Crippen LogP) is -0.255. The van der Waals surface area contributed by atoms with Gasteiger partial charge in [0.25, 0.3) is 0 Å². The van der Waals surface area contributed by atoms with Crippen LogP contribution in [0.4, 0.5) is 0 Å². The first kappa shape index (κ1) is 31.5. The fourth-order valence-corrected chi connectivity index (χ4v) is 3.58. The Morgan fingerprint density at radius 2 is 1.46 bits per heavy atom. The summed E-state index contributed by atoms with van der Waals surface area (Å²) in [5.41, 5.74) is 12.3. The molecule has 0 bridgehead atoms. The monoisotopic (exact) mass is 521 g/mol. The molecule has 9 N–H and O–H groups in total. The van der Waals surface area contributed by atoms with Crippen LogP contribution in [0.1, 0.15) is 51.5 Å². The van der Waals surface area contributed by atoms with Gasteiger partial charge in [-0.2, -0.15) is 0 Å². The summed E-state index contributed by atoms with van der Waals surface area (Å²) in [6.45, 7) is 3.75. The molecule has 0 saturated carbocycles. The SMILES string of the molecule is CC(C)C(NC(=O)C(N)Cc1ccccc1)C(=O)NC(CCC(=O)O)C(=O)NC(CCCCN)C(=O)O. The van der Waals surface area contributed by atoms with Crippen molar-refractivity contribution in [2.45, 2.75) is 76.5 Å². The Balaban J connectivity index is 2.92. The molecule has 12 heteroatoms. The number of nitrogens with two attached hydrogens (primary N) is 2. The fourth-order valence-electron chi connectivity index (χ4n) is 3.58. The summed E-state index contributed by atoms with van der Waals surface area (Å²) < 4.78 is 0. The summed E-state index contributed by atoms with van der Waals surface area (Å²) in [4.78, 5) is 61.3. The quantitative estimate of drug-likeness (QED) is 0.134. The van der Waals surface area contributed by atoms with E-state index in [0.29, 0.717) is 19.4 Å². The molecule has 0 saturated heterocycles. The van der Waals surface area contributed by atoms with E-state index in [1.807, 2.05) is 30.3 Å². The van der Waals surface area contributed by atoms with Crippen molar-refractivity contribution in [1.29, 1.82) is 0 Å². The van der Waals surface area contributed by atoms with Gasteiger partial charge < -0.3 is 37.6 Å². The van der Waals surface area contributed by atoms with Crippen LogP contribution in [-0.2, 0) is 30.4 Å². The van der Waals surface area contributed by atoms with Crippen molar-refractivity contribution in [3.63, 3.8) is 0 Å². The van der Waals surface area contributed by atoms with E-state index >= 15 is 0 Å². The number of carbonyl (C=O) groups is 5. The first-order valence-corrected chi connectivity index (χ1v) is 12.3. The molecule has 0 spiro atoms. The van der Waals surface area contributed by atoms with Crippen LogP contribution in [0.15, 0.2) is 30.3 Å². The van der Waals surface area contributed by atoms with Crippen LogP contribution in [0.2, 0.25) is 0 Å². The van der Waals surface area contributed by atoms with Gasteiger partial charge in [-0.25, -0.2) is 4.79 Å². The van der Waals surface area contributed by atoms with Crippen molar-refractivity contribution in [2.24, 2.45) is 17.4 Å². The number of carbonyl (C=O) groups excluding carboxylic acids is 3. The minimum absolute atomic E-state index is 0.127. The molecule has 0 fully saturated rings. The van der Waals surface area contributed by atoms with Gasteiger partial charge in [-0.3, -0.25) is 19.2 Å². The number of rotatable bonds is 17. The van der Waals surface area contributed by atoms with E-state index in [9.17, 15) is 29.1 Å². The molecule has 1 aromatic carbocycles. The Morgan fingerprint density at radius 3 is 2.00 bits per heavy atom. The number of unbranched alkanes of at least 4 members (excludes halogenated alkanes) is 1. The molecular formula is C25H39N5O7. The zero-order valence-corrected chi connectivity index (χ0v) is 21.3. The standard InChI is InChI=1S/C25H39N5O7/c1-15(2)21(30-22(33)17(27)14-16-8-4-3-5-9-16)24(35)28-18(11-12-20(31)32)23(34)29-19(25(36)37)10-6-7-13-26/h3-5,8-9,15,17-19,21H,6-7,10-14,26-27H2,1-2H3,(H,28,35)(H,29,34)(H,30,33)(H,31,32)(H,36,37). The van der Waals surface area contributed by atoms with Crippen LogP contribution >= 0.6 is 0 Å². The summed E-state index contributed by atoms with van der Waals surface area (Å²) >= 11 is 0. The topological polar surface area (TPSA) is 214 Å². The Hall–Kier alpha value is -3.51. The van der Waals surface area contributed by atoms with Gasteiger partial charge in [-0.15, -0.1) is 0 Å². The normalized spacial score (nSPS) is 14.2. The first-order valence-electron chi connectivity index (χ1n) is 12.3. The smallest absolute Gasteiger partial charge is 0.326 e. The molecule has 4 atom stereocenters. The Labute approximate surface area is 216 Å². The molecule has 3 amide bonds. The molecule has 1 aromatic rings. The highest BCUT2D eigenvalue weighted by Crippen LogP contribution is 2.08. The van der Waals surface area contributed by atoms with Crippen LogP contribution in [0.25, 0.3) is 0 Å². The average Bonchev–Trinajstić information content (AvgIpc) is 2.84. The van der Waals surface area contributed by atoms with Gasteiger partial charge in [-0.05, 0) is 50.1 Å². The number of nitrogens with one attached hydrogen (secondary N) is 3. The molecule has 4 unspecified atom stereocenters. The van der Waals surface area contributed by atoms with Gasteiger partial charge >= 0.3 is 11.9 Å². The van der Waals surface area contributed by atoms with Crippen molar-refractivity contribution >= 4 is 29.7 Å². The molecule has 0 heterocycles. The summed E-state index contributed by atoms with van der Waals surface area (Å²) in [6.07, 6.45) is 0.704. The molecule has 1 rings (SSSR count). The molecule has 0 aliphatic rings. The molecule has 0 radical (unpaired) electrons. The lowest BCUT2D eigenvalue weighted by molar-refractivity contribution is -0.143. The zero-order valence-electron chi connectivity index (χ0n) is 21.3. The lowest BCUT2D eigenvalue weighted by Crippen LogP contribution is -2.58. The van der Waals surface area contributed by atoms with Crippen molar-refractivity contribution in [3.8, 4) is 0 Å². The lowest BCUT2D eigenvalue weighted by atomic mass is 10.00. The third-order valence-corrected chi connectivity index (χ3v) is 5.72. The highest BCUT2D eigenvalue weighted by atomic mass is 16.4. The van der Waals surface area contributed by atoms with E-state index < -0.39 is 60.2 Å². The number of aliphatic carboxylic acids is 2. The van der Waals surface area contributed by atoms with Crippen LogP contribution in [0, 0.1) is 5.92 Å². The van der Waals surface area contributed by atoms with Crippen LogP contribution in [-0.4, -0.2) is 70.6 Å². The second-order valence-electron chi connectivity index (χ2n) is 9.20. The highest BCUT2D eigenvalue weighted by Gasteiger charge is 2.32. The zero-order chi connectivity index (χ0) is 28.0. The molecule has 37 heavy (non-hydrogen) atoms. The summed E-state index contributed by atoms with van der Waals surface area (Å²) in [7, 11) is 0. The van der Waals surface area contributed by atoms with Crippen LogP contribution in [0.5, 0.6) is 0 Å². The number of carboxylic acids is 2. The number of amides is 3. The van der Waals surface area contributed by atoms with Gasteiger partial charge in [0.15, 0.2) is 0 Å². The van der Waals surface area contributed by atoms with Gasteiger partial charge in [0, 0.05) is 6.42 Å². The molecular weight excluding hydrogens is 482 g/mol. The Bertz CT molecular complexity index is 910. The molecule has 0 aromatic heterocycles. The van der Waals surface area contributed by atoms with E-state index in [-0.39, 0.29) is 25.2 Å². The van der Waals surface area contributed by atoms with Crippen molar-refractivity contribution in [1.82, 2.24) is 16.0 Å². The first-order chi connectivity index (χ1) is 17.5. The number of hydrogen-bond acceptors (Lipinski definition) is 7. The summed E-state index contributed by atoms with van der Waals surface area (Å²) in [5.74, 6) is -4.94. The minimum atomic E-state index is -1.32. The number of benzene rings is 1. The van der Waals surface area contributed by atoms with E-state index in [1.54, 1.807) is 13.8 Å². The molecule has 0 aliphatic carbocycles. The second-order valence-corrected chi connectivity index (χ2v) is 9.20. The van der Waals surface area contributed by atoms with Crippen molar-refractivity contribution in [3.05, 3.63) is 35.9 Å². The lowest BCUT2D eigenvalue weighted by Gasteiger charge is -2.27. The molecule has 206 valence electrons. The van der Waals surface area contributed by atoms with Gasteiger partial charge in [0.1, 0.15) is 18.1 Å². The molecule has 0 aliphatic heterocycles. The van der Waals surface area contributed by atoms with Crippen LogP contribution < -0.4 is 27.4 Å². The maximum absolute atomic E-state index is 13.1. The summed E-state index contributed by atoms with van der Waals surface area (Å²) in [5, 5.41) is 26.0. The van der Waals surface area contributed by atoms with Crippen molar-refractivity contribution < 1.29 is 34.2 Å². The van der Waals surface area contributed by atoms with E-state index in [2.05, 4.69) is 16.0 Å². The maximum atomic E-state index is 13.1. The largest absolute Gasteiger partial charge is 0.481 e. The van der Waals surface area contributed by atoms with E-state index in [4.69, 9.17) is 16.6 Å². The third-order valence-electron chi connectivity index (χ3n) is 5.72. The average molecular weight is 522 g/mol. The van der Waals surface area contributed by atoms with E-state index in [0.717, 1.165) is 5.56 Å². The van der Waals surface area contributed by atoms with Crippen LogP contribution in [0.3, 0.4) is 0 Å². The fraction of sp³-hybridized carbons (Fsp3) is 0.560. The predicted molar refractivity (Wildman–Crippen MR) is 136 cm³/mol. The third kappa shape index (κ3) is 11.8. The van der Waals surface area contributed by atoms with Crippen molar-refractivity contribution in [2.75, 3.05) is 6.54 Å². The highest BCUT2D eigenvalue weighted by molar-refractivity contribution is 5.94. The summed E-state index contributed by atoms with van der Waals surface area (Å²) in [6, 6.07) is 4.60. The van der Waals surface area contributed by atoms with E-state index in [1.165, 1.54) is 0 Å². The van der Waals surface area contributed by atoms with Gasteiger partial charge in [-0.1, -0.05) is 44.2 Å². The molecule has 12 nitrogen and oxygen atoms in total. The minimum Gasteiger partial charge on any atom is -0.481 e. The van der Waals surface area contributed by atoms with Gasteiger partial charge in [0.2, 0.25) is 17.7 Å². The van der Waals surface area contributed by atoms with Gasteiger partial charge in [0.05, 0.1) is 6.04 Å². The number of hydrogen-bond donors (Lipinski definition) is 7. The maximum Gasteiger partial charge on any atom is 0.326 e. The number of carboxylic acid groups (broad SMARTS) is 2.